The van der Waals surface area contributed by atoms with E-state index in [-0.39, 0.29) is 5.91 Å². The normalized spacial score (nSPS) is 10.8. The molecule has 106 valence electrons. The molecule has 21 heavy (non-hydrogen) atoms. The van der Waals surface area contributed by atoms with Gasteiger partial charge in [-0.2, -0.15) is 0 Å². The number of hydrogen-bond donors (Lipinski definition) is 1. The Morgan fingerprint density at radius 3 is 2.71 bits per heavy atom. The molecule has 0 saturated heterocycles. The van der Waals surface area contributed by atoms with Crippen molar-refractivity contribution in [2.45, 2.75) is 6.92 Å². The van der Waals surface area contributed by atoms with Crippen LogP contribution in [0.15, 0.2) is 54.7 Å². The van der Waals surface area contributed by atoms with E-state index in [9.17, 15) is 9.18 Å². The summed E-state index contributed by atoms with van der Waals surface area (Å²) in [4.78, 5) is 17.3. The van der Waals surface area contributed by atoms with Gasteiger partial charge in [0.2, 0.25) is 0 Å². The van der Waals surface area contributed by atoms with Crippen LogP contribution >= 0.6 is 0 Å². The lowest BCUT2D eigenvalue weighted by Gasteiger charge is -2.22. The molecule has 3 nitrogen and oxygen atoms in total. The van der Waals surface area contributed by atoms with Crippen LogP contribution in [0.3, 0.4) is 0 Å². The highest BCUT2D eigenvalue weighted by Gasteiger charge is 2.20. The lowest BCUT2D eigenvalue weighted by molar-refractivity contribution is 0.0989. The Hall–Kier alpha value is -2.62. The highest BCUT2D eigenvalue weighted by Crippen LogP contribution is 2.24. The van der Waals surface area contributed by atoms with Crippen LogP contribution in [0.25, 0.3) is 10.9 Å². The predicted octanol–water partition coefficient (Wildman–Crippen LogP) is 3.97. The van der Waals surface area contributed by atoms with Crippen molar-refractivity contribution in [1.29, 1.82) is 0 Å². The molecule has 1 heterocycles. The van der Waals surface area contributed by atoms with Gasteiger partial charge >= 0.3 is 0 Å². The minimum atomic E-state index is -0.397. The van der Waals surface area contributed by atoms with Crippen molar-refractivity contribution >= 4 is 22.5 Å². The fourth-order valence-electron chi connectivity index (χ4n) is 2.50. The van der Waals surface area contributed by atoms with Crippen LogP contribution in [0.5, 0.6) is 0 Å². The Balaban J connectivity index is 2.08. The largest absolute Gasteiger partial charge is 0.361 e. The van der Waals surface area contributed by atoms with E-state index in [4.69, 9.17) is 0 Å². The highest BCUT2D eigenvalue weighted by molar-refractivity contribution is 6.13. The summed E-state index contributed by atoms with van der Waals surface area (Å²) in [6.45, 7) is 2.23. The molecule has 0 fully saturated rings. The summed E-state index contributed by atoms with van der Waals surface area (Å²) in [6.07, 6.45) is 1.79. The zero-order valence-corrected chi connectivity index (χ0v) is 11.6. The number of aromatic amines is 1. The maximum Gasteiger partial charge on any atom is 0.260 e. The molecule has 0 radical (unpaired) electrons. The first-order valence-corrected chi connectivity index (χ1v) is 6.85. The van der Waals surface area contributed by atoms with Gasteiger partial charge < -0.3 is 9.88 Å². The SMILES string of the molecule is CCN(C(=O)c1cccc2cc[nH]c12)c1ccccc1F. The Kier molecular flexibility index (Phi) is 3.44. The first-order valence-electron chi connectivity index (χ1n) is 6.85. The minimum Gasteiger partial charge on any atom is -0.361 e. The molecule has 1 amide bonds. The van der Waals surface area contributed by atoms with E-state index in [1.54, 1.807) is 30.5 Å². The van der Waals surface area contributed by atoms with Gasteiger partial charge in [0.25, 0.3) is 5.91 Å². The van der Waals surface area contributed by atoms with Crippen molar-refractivity contribution < 1.29 is 9.18 Å². The minimum absolute atomic E-state index is 0.212. The number of H-pyrrole nitrogens is 1. The van der Waals surface area contributed by atoms with Crippen molar-refractivity contribution in [2.75, 3.05) is 11.4 Å². The summed E-state index contributed by atoms with van der Waals surface area (Å²) < 4.78 is 14.0. The Labute approximate surface area is 122 Å². The molecule has 0 aliphatic rings. The lowest BCUT2D eigenvalue weighted by Crippen LogP contribution is -2.31. The quantitative estimate of drug-likeness (QED) is 0.775. The molecule has 0 unspecified atom stereocenters. The average Bonchev–Trinajstić information content (AvgIpc) is 2.98. The van der Waals surface area contributed by atoms with Crippen LogP contribution in [0.2, 0.25) is 0 Å². The third-order valence-electron chi connectivity index (χ3n) is 3.52. The first-order chi connectivity index (χ1) is 10.2. The summed E-state index contributed by atoms with van der Waals surface area (Å²) in [5.74, 6) is -0.609. The number of amides is 1. The van der Waals surface area contributed by atoms with Gasteiger partial charge in [-0.25, -0.2) is 4.39 Å². The number of anilines is 1. The van der Waals surface area contributed by atoms with E-state index in [1.807, 2.05) is 25.1 Å². The second kappa shape index (κ2) is 5.40. The summed E-state index contributed by atoms with van der Waals surface area (Å²) in [5.41, 5.74) is 1.62. The number of carbonyl (C=O) groups excluding carboxylic acids is 1. The molecule has 3 aromatic rings. The molecule has 4 heteroatoms. The fraction of sp³-hybridized carbons (Fsp3) is 0.118. The van der Waals surface area contributed by atoms with Crippen molar-refractivity contribution in [3.8, 4) is 0 Å². The number of para-hydroxylation sites is 2. The molecular formula is C17H15FN2O. The third-order valence-corrected chi connectivity index (χ3v) is 3.52. The third kappa shape index (κ3) is 2.29. The van der Waals surface area contributed by atoms with Crippen LogP contribution in [-0.4, -0.2) is 17.4 Å². The number of hydrogen-bond acceptors (Lipinski definition) is 1. The molecule has 0 atom stereocenters. The van der Waals surface area contributed by atoms with Crippen LogP contribution < -0.4 is 4.90 Å². The molecule has 0 aliphatic heterocycles. The van der Waals surface area contributed by atoms with E-state index in [0.29, 0.717) is 17.8 Å². The molecule has 0 bridgehead atoms. The highest BCUT2D eigenvalue weighted by atomic mass is 19.1. The predicted molar refractivity (Wildman–Crippen MR) is 82.0 cm³/mol. The molecule has 1 N–H and O–H groups in total. The summed E-state index contributed by atoms with van der Waals surface area (Å²) in [7, 11) is 0. The van der Waals surface area contributed by atoms with E-state index in [0.717, 1.165) is 10.9 Å². The first kappa shape index (κ1) is 13.4. The summed E-state index contributed by atoms with van der Waals surface area (Å²) in [5, 5.41) is 0.963. The molecule has 0 aliphatic carbocycles. The van der Waals surface area contributed by atoms with Crippen LogP contribution in [-0.2, 0) is 0 Å². The zero-order chi connectivity index (χ0) is 14.8. The van der Waals surface area contributed by atoms with Crippen molar-refractivity contribution in [3.63, 3.8) is 0 Å². The maximum atomic E-state index is 14.0. The smallest absolute Gasteiger partial charge is 0.260 e. The van der Waals surface area contributed by atoms with E-state index in [1.165, 1.54) is 11.0 Å². The second-order valence-electron chi connectivity index (χ2n) is 4.75. The van der Waals surface area contributed by atoms with Gasteiger partial charge in [-0.05, 0) is 31.2 Å². The number of benzene rings is 2. The summed E-state index contributed by atoms with van der Waals surface area (Å²) in [6, 6.07) is 13.7. The van der Waals surface area contributed by atoms with Gasteiger partial charge in [0.05, 0.1) is 16.8 Å². The Bertz CT molecular complexity index is 794. The van der Waals surface area contributed by atoms with Gasteiger partial charge in [0, 0.05) is 18.1 Å². The molecule has 2 aromatic carbocycles. The topological polar surface area (TPSA) is 36.1 Å². The number of carbonyl (C=O) groups is 1. The van der Waals surface area contributed by atoms with Crippen molar-refractivity contribution in [3.05, 3.63) is 66.1 Å². The van der Waals surface area contributed by atoms with Crippen LogP contribution in [0, 0.1) is 5.82 Å². The maximum absolute atomic E-state index is 14.0. The number of nitrogens with one attached hydrogen (secondary N) is 1. The van der Waals surface area contributed by atoms with E-state index >= 15 is 0 Å². The standard InChI is InChI=1S/C17H15FN2O/c1-2-20(15-9-4-3-8-14(15)18)17(21)13-7-5-6-12-10-11-19-16(12)13/h3-11,19H,2H2,1H3. The monoisotopic (exact) mass is 282 g/mol. The van der Waals surface area contributed by atoms with Crippen LogP contribution in [0.4, 0.5) is 10.1 Å². The van der Waals surface area contributed by atoms with Gasteiger partial charge in [0.1, 0.15) is 5.82 Å². The van der Waals surface area contributed by atoms with E-state index < -0.39 is 5.82 Å². The molecule has 0 saturated carbocycles. The van der Waals surface area contributed by atoms with E-state index in [2.05, 4.69) is 4.98 Å². The van der Waals surface area contributed by atoms with Gasteiger partial charge in [-0.15, -0.1) is 0 Å². The zero-order valence-electron chi connectivity index (χ0n) is 11.6. The number of aromatic nitrogens is 1. The Morgan fingerprint density at radius 1 is 1.14 bits per heavy atom. The van der Waals surface area contributed by atoms with Crippen molar-refractivity contribution in [1.82, 2.24) is 4.98 Å². The number of fused-ring (bicyclic) bond motifs is 1. The molecule has 3 rings (SSSR count). The Morgan fingerprint density at radius 2 is 1.95 bits per heavy atom. The lowest BCUT2D eigenvalue weighted by atomic mass is 10.1. The molecule has 1 aromatic heterocycles. The number of halogens is 1. The number of rotatable bonds is 3. The summed E-state index contributed by atoms with van der Waals surface area (Å²) >= 11 is 0. The van der Waals surface area contributed by atoms with Crippen molar-refractivity contribution in [2.24, 2.45) is 0 Å². The van der Waals surface area contributed by atoms with Gasteiger partial charge in [-0.1, -0.05) is 24.3 Å². The van der Waals surface area contributed by atoms with Gasteiger partial charge in [0.15, 0.2) is 0 Å². The van der Waals surface area contributed by atoms with Gasteiger partial charge in [-0.3, -0.25) is 4.79 Å². The molecule has 0 spiro atoms. The fourth-order valence-corrected chi connectivity index (χ4v) is 2.50. The molecular weight excluding hydrogens is 267 g/mol. The average molecular weight is 282 g/mol. The number of nitrogens with zero attached hydrogens (tertiary/aromatic N) is 1. The second-order valence-corrected chi connectivity index (χ2v) is 4.75. The van der Waals surface area contributed by atoms with Crippen LogP contribution in [0.1, 0.15) is 17.3 Å².